The number of sulfonamides is 1. The van der Waals surface area contributed by atoms with E-state index in [0.717, 1.165) is 18.9 Å². The van der Waals surface area contributed by atoms with Gasteiger partial charge in [0.05, 0.1) is 12.2 Å². The maximum Gasteiger partial charge on any atom is 0.338 e. The number of halogens is 1. The van der Waals surface area contributed by atoms with Crippen molar-refractivity contribution in [1.82, 2.24) is 0 Å². The van der Waals surface area contributed by atoms with Crippen molar-refractivity contribution < 1.29 is 22.3 Å². The molecule has 1 rings (SSSR count). The number of rotatable bonds is 6. The first kappa shape index (κ1) is 17.6. The van der Waals surface area contributed by atoms with Crippen LogP contribution in [0.3, 0.4) is 0 Å². The molecule has 118 valence electrons. The molecule has 7 heteroatoms. The normalized spacial score (nSPS) is 13.0. The Bertz CT molecular complexity index is 628. The third kappa shape index (κ3) is 4.78. The standard InChI is InChI=1S/C14H20FNO4S/c1-4-5-9(2)8-20-14(17)11-6-10(3)13(15)12(7-11)21(16,18)19/h6-7,9H,4-5,8H2,1-3H3,(H2,16,18,19). The van der Waals surface area contributed by atoms with Gasteiger partial charge in [0, 0.05) is 0 Å². The molecule has 2 N–H and O–H groups in total. The van der Waals surface area contributed by atoms with Gasteiger partial charge in [-0.25, -0.2) is 22.7 Å². The molecule has 0 aliphatic carbocycles. The quantitative estimate of drug-likeness (QED) is 0.816. The van der Waals surface area contributed by atoms with Crippen LogP contribution < -0.4 is 5.14 Å². The van der Waals surface area contributed by atoms with E-state index in [9.17, 15) is 17.6 Å². The number of aryl methyl sites for hydroxylation is 1. The summed E-state index contributed by atoms with van der Waals surface area (Å²) in [5.74, 6) is -1.43. The van der Waals surface area contributed by atoms with Gasteiger partial charge in [-0.1, -0.05) is 20.3 Å². The molecule has 5 nitrogen and oxygen atoms in total. The Hall–Kier alpha value is -1.47. The second-order valence-corrected chi connectivity index (χ2v) is 6.67. The number of ether oxygens (including phenoxy) is 1. The van der Waals surface area contributed by atoms with Crippen LogP contribution in [-0.2, 0) is 14.8 Å². The lowest BCUT2D eigenvalue weighted by atomic mass is 10.1. The highest BCUT2D eigenvalue weighted by Gasteiger charge is 2.21. The summed E-state index contributed by atoms with van der Waals surface area (Å²) in [5.41, 5.74) is -0.00305. The first-order chi connectivity index (χ1) is 9.66. The first-order valence-electron chi connectivity index (χ1n) is 6.66. The summed E-state index contributed by atoms with van der Waals surface area (Å²) in [5, 5.41) is 4.94. The Morgan fingerprint density at radius 2 is 2.05 bits per heavy atom. The fraction of sp³-hybridized carbons (Fsp3) is 0.500. The number of nitrogens with two attached hydrogens (primary N) is 1. The van der Waals surface area contributed by atoms with E-state index in [0.29, 0.717) is 0 Å². The molecule has 0 saturated heterocycles. The summed E-state index contributed by atoms with van der Waals surface area (Å²) in [4.78, 5) is 11.2. The molecule has 1 unspecified atom stereocenters. The summed E-state index contributed by atoms with van der Waals surface area (Å²) in [7, 11) is -4.23. The summed E-state index contributed by atoms with van der Waals surface area (Å²) >= 11 is 0. The van der Waals surface area contributed by atoms with Gasteiger partial charge in [0.15, 0.2) is 0 Å². The van der Waals surface area contributed by atoms with Gasteiger partial charge in [0.25, 0.3) is 0 Å². The molecule has 1 atom stereocenters. The molecule has 0 aliphatic rings. The lowest BCUT2D eigenvalue weighted by Crippen LogP contribution is -2.17. The molecule has 1 aromatic rings. The molecule has 0 aliphatic heterocycles. The predicted molar refractivity (Wildman–Crippen MR) is 76.9 cm³/mol. The average Bonchev–Trinajstić information content (AvgIpc) is 2.38. The number of hydrogen-bond donors (Lipinski definition) is 1. The highest BCUT2D eigenvalue weighted by molar-refractivity contribution is 7.89. The number of carbonyl (C=O) groups is 1. The van der Waals surface area contributed by atoms with Crippen LogP contribution in [0.4, 0.5) is 4.39 Å². The fourth-order valence-electron chi connectivity index (χ4n) is 1.94. The smallest absolute Gasteiger partial charge is 0.338 e. The second kappa shape index (κ2) is 7.00. The molecule has 21 heavy (non-hydrogen) atoms. The molecule has 0 radical (unpaired) electrons. The molecule has 0 amide bonds. The van der Waals surface area contributed by atoms with Crippen LogP contribution in [0.2, 0.25) is 0 Å². The van der Waals surface area contributed by atoms with E-state index in [1.807, 2.05) is 13.8 Å². The van der Waals surface area contributed by atoms with Crippen LogP contribution >= 0.6 is 0 Å². The number of primary sulfonamides is 1. The van der Waals surface area contributed by atoms with E-state index in [4.69, 9.17) is 9.88 Å². The van der Waals surface area contributed by atoms with E-state index in [2.05, 4.69) is 0 Å². The largest absolute Gasteiger partial charge is 0.462 e. The summed E-state index contributed by atoms with van der Waals surface area (Å²) in [6.07, 6.45) is 1.89. The van der Waals surface area contributed by atoms with Gasteiger partial charge < -0.3 is 4.74 Å². The second-order valence-electron chi connectivity index (χ2n) is 5.14. The van der Waals surface area contributed by atoms with Crippen LogP contribution in [0.1, 0.15) is 42.6 Å². The zero-order chi connectivity index (χ0) is 16.2. The van der Waals surface area contributed by atoms with Crippen molar-refractivity contribution in [3.05, 3.63) is 29.1 Å². The maximum atomic E-state index is 13.7. The number of carbonyl (C=O) groups excluding carboxylic acids is 1. The van der Waals surface area contributed by atoms with Gasteiger partial charge >= 0.3 is 5.97 Å². The summed E-state index contributed by atoms with van der Waals surface area (Å²) in [6, 6.07) is 2.15. The summed E-state index contributed by atoms with van der Waals surface area (Å²) < 4.78 is 41.5. The van der Waals surface area contributed by atoms with Crippen LogP contribution in [-0.4, -0.2) is 21.0 Å². The third-order valence-electron chi connectivity index (χ3n) is 3.04. The van der Waals surface area contributed by atoms with Crippen molar-refractivity contribution in [2.24, 2.45) is 11.1 Å². The Labute approximate surface area is 124 Å². The molecule has 0 saturated carbocycles. The molecule has 0 aromatic heterocycles. The Balaban J connectivity index is 2.99. The van der Waals surface area contributed by atoms with Crippen molar-refractivity contribution in [2.45, 2.75) is 38.5 Å². The zero-order valence-corrected chi connectivity index (χ0v) is 13.2. The van der Waals surface area contributed by atoms with Gasteiger partial charge in [-0.05, 0) is 37.0 Å². The highest BCUT2D eigenvalue weighted by atomic mass is 32.2. The molecular formula is C14H20FNO4S. The molecule has 1 aromatic carbocycles. The van der Waals surface area contributed by atoms with Crippen LogP contribution in [0.15, 0.2) is 17.0 Å². The summed E-state index contributed by atoms with van der Waals surface area (Å²) in [6.45, 7) is 5.57. The Kier molecular flexibility index (Phi) is 5.86. The lowest BCUT2D eigenvalue weighted by Gasteiger charge is -2.12. The van der Waals surface area contributed by atoms with Gasteiger partial charge in [0.2, 0.25) is 10.0 Å². The van der Waals surface area contributed by atoms with Crippen molar-refractivity contribution in [3.63, 3.8) is 0 Å². The molecule has 0 fully saturated rings. The van der Waals surface area contributed by atoms with Crippen LogP contribution in [0.25, 0.3) is 0 Å². The van der Waals surface area contributed by atoms with E-state index in [-0.39, 0.29) is 23.7 Å². The molecule has 0 bridgehead atoms. The Morgan fingerprint density at radius 1 is 1.43 bits per heavy atom. The van der Waals surface area contributed by atoms with Gasteiger partial charge in [-0.15, -0.1) is 0 Å². The fourth-order valence-corrected chi connectivity index (χ4v) is 2.64. The van der Waals surface area contributed by atoms with Crippen LogP contribution in [0, 0.1) is 18.7 Å². The van der Waals surface area contributed by atoms with Crippen molar-refractivity contribution >= 4 is 16.0 Å². The minimum atomic E-state index is -4.23. The van der Waals surface area contributed by atoms with Gasteiger partial charge in [-0.3, -0.25) is 0 Å². The van der Waals surface area contributed by atoms with E-state index in [1.165, 1.54) is 13.0 Å². The van der Waals surface area contributed by atoms with E-state index < -0.39 is 26.7 Å². The number of hydrogen-bond acceptors (Lipinski definition) is 4. The predicted octanol–water partition coefficient (Wildman–Crippen LogP) is 2.37. The zero-order valence-electron chi connectivity index (χ0n) is 12.3. The number of esters is 1. The first-order valence-corrected chi connectivity index (χ1v) is 8.21. The van der Waals surface area contributed by atoms with Gasteiger partial charge in [-0.2, -0.15) is 0 Å². The molecule has 0 spiro atoms. The highest BCUT2D eigenvalue weighted by Crippen LogP contribution is 2.20. The van der Waals surface area contributed by atoms with Crippen molar-refractivity contribution in [1.29, 1.82) is 0 Å². The Morgan fingerprint density at radius 3 is 2.57 bits per heavy atom. The number of benzene rings is 1. The van der Waals surface area contributed by atoms with Crippen molar-refractivity contribution in [2.75, 3.05) is 6.61 Å². The minimum Gasteiger partial charge on any atom is -0.462 e. The monoisotopic (exact) mass is 317 g/mol. The maximum absolute atomic E-state index is 13.7. The van der Waals surface area contributed by atoms with Crippen molar-refractivity contribution in [3.8, 4) is 0 Å². The minimum absolute atomic E-state index is 0.0232. The molecule has 0 heterocycles. The van der Waals surface area contributed by atoms with E-state index in [1.54, 1.807) is 0 Å². The van der Waals surface area contributed by atoms with Gasteiger partial charge in [0.1, 0.15) is 10.7 Å². The lowest BCUT2D eigenvalue weighted by molar-refractivity contribution is 0.0443. The molecular weight excluding hydrogens is 297 g/mol. The van der Waals surface area contributed by atoms with Crippen LogP contribution in [0.5, 0.6) is 0 Å². The topological polar surface area (TPSA) is 86.5 Å². The SMILES string of the molecule is CCCC(C)COC(=O)c1cc(C)c(F)c(S(N)(=O)=O)c1. The average molecular weight is 317 g/mol. The third-order valence-corrected chi connectivity index (χ3v) is 3.95. The van der Waals surface area contributed by atoms with E-state index >= 15 is 0 Å².